The molecule has 3 rings (SSSR count). The van der Waals surface area contributed by atoms with Crippen LogP contribution in [0.2, 0.25) is 0 Å². The minimum atomic E-state index is -0.440. The first-order valence-electron chi connectivity index (χ1n) is 9.27. The van der Waals surface area contributed by atoms with E-state index in [1.807, 2.05) is 36.4 Å². The van der Waals surface area contributed by atoms with E-state index in [9.17, 15) is 14.9 Å². The Hall–Kier alpha value is -3.47. The van der Waals surface area contributed by atoms with E-state index in [4.69, 9.17) is 4.74 Å². The summed E-state index contributed by atoms with van der Waals surface area (Å²) in [5.74, 6) is 0.356. The molecule has 0 aliphatic heterocycles. The molecule has 0 aliphatic carbocycles. The van der Waals surface area contributed by atoms with Crippen LogP contribution in [-0.2, 0) is 11.4 Å². The van der Waals surface area contributed by atoms with Gasteiger partial charge in [0, 0.05) is 21.4 Å². The zero-order chi connectivity index (χ0) is 22.1. The number of non-ortho nitro benzene ring substituents is 1. The van der Waals surface area contributed by atoms with Crippen LogP contribution in [0.5, 0.6) is 5.75 Å². The largest absolute Gasteiger partial charge is 0.489 e. The van der Waals surface area contributed by atoms with Gasteiger partial charge in [-0.1, -0.05) is 12.1 Å². The standard InChI is InChI=1S/C22H19IN4O4/c23-18-6-8-19(9-7-18)24-14-22(28)26-25-13-17-2-1-3-21(12-17)31-15-16-4-10-20(11-5-16)27(29)30/h1-13,24H,14-15H2,(H,26,28)/b25-13-. The van der Waals surface area contributed by atoms with Gasteiger partial charge in [0.25, 0.3) is 11.6 Å². The Labute approximate surface area is 192 Å². The first-order chi connectivity index (χ1) is 15.0. The molecule has 0 spiro atoms. The van der Waals surface area contributed by atoms with Crippen molar-refractivity contribution in [3.63, 3.8) is 0 Å². The van der Waals surface area contributed by atoms with Crippen molar-refractivity contribution in [2.45, 2.75) is 6.61 Å². The van der Waals surface area contributed by atoms with E-state index >= 15 is 0 Å². The smallest absolute Gasteiger partial charge is 0.269 e. The summed E-state index contributed by atoms with van der Waals surface area (Å²) in [6, 6.07) is 21.1. The van der Waals surface area contributed by atoms with Crippen LogP contribution in [-0.4, -0.2) is 23.6 Å². The van der Waals surface area contributed by atoms with E-state index in [0.717, 1.165) is 20.4 Å². The highest BCUT2D eigenvalue weighted by Crippen LogP contribution is 2.16. The van der Waals surface area contributed by atoms with Crippen LogP contribution in [0, 0.1) is 13.7 Å². The van der Waals surface area contributed by atoms with Crippen molar-refractivity contribution in [1.82, 2.24) is 5.43 Å². The number of carbonyl (C=O) groups is 1. The quantitative estimate of drug-likeness (QED) is 0.185. The molecule has 1 amide bonds. The topological polar surface area (TPSA) is 106 Å². The van der Waals surface area contributed by atoms with Gasteiger partial charge >= 0.3 is 0 Å². The van der Waals surface area contributed by atoms with Gasteiger partial charge in [0.2, 0.25) is 0 Å². The fraction of sp³-hybridized carbons (Fsp3) is 0.0909. The summed E-state index contributed by atoms with van der Waals surface area (Å²) < 4.78 is 6.85. The predicted molar refractivity (Wildman–Crippen MR) is 127 cm³/mol. The van der Waals surface area contributed by atoms with Crippen LogP contribution in [0.3, 0.4) is 0 Å². The van der Waals surface area contributed by atoms with Gasteiger partial charge < -0.3 is 10.1 Å². The number of amides is 1. The van der Waals surface area contributed by atoms with Crippen LogP contribution in [0.25, 0.3) is 0 Å². The summed E-state index contributed by atoms with van der Waals surface area (Å²) in [6.07, 6.45) is 1.53. The van der Waals surface area contributed by atoms with Gasteiger partial charge in [0.1, 0.15) is 12.4 Å². The SMILES string of the molecule is O=C(CNc1ccc(I)cc1)N/N=C\c1cccc(OCc2ccc([N+](=O)[O-])cc2)c1. The average molecular weight is 530 g/mol. The molecule has 0 heterocycles. The molecule has 0 bridgehead atoms. The molecule has 0 aromatic heterocycles. The average Bonchev–Trinajstić information content (AvgIpc) is 2.78. The third kappa shape index (κ3) is 7.37. The second kappa shape index (κ2) is 11.1. The van der Waals surface area contributed by atoms with Gasteiger partial charge in [-0.25, -0.2) is 5.43 Å². The lowest BCUT2D eigenvalue weighted by Gasteiger charge is -2.07. The van der Waals surface area contributed by atoms with Crippen LogP contribution in [0.1, 0.15) is 11.1 Å². The Bertz CT molecular complexity index is 1070. The van der Waals surface area contributed by atoms with Crippen molar-refractivity contribution >= 4 is 46.1 Å². The zero-order valence-electron chi connectivity index (χ0n) is 16.3. The summed E-state index contributed by atoms with van der Waals surface area (Å²) in [5.41, 5.74) is 4.95. The minimum Gasteiger partial charge on any atom is -0.489 e. The molecule has 2 N–H and O–H groups in total. The first-order valence-corrected chi connectivity index (χ1v) is 10.3. The lowest BCUT2D eigenvalue weighted by Crippen LogP contribution is -2.25. The number of nitrogens with zero attached hydrogens (tertiary/aromatic N) is 2. The fourth-order valence-corrected chi connectivity index (χ4v) is 2.89. The molecule has 8 nitrogen and oxygen atoms in total. The number of benzene rings is 3. The number of carbonyl (C=O) groups excluding carboxylic acids is 1. The van der Waals surface area contributed by atoms with Crippen LogP contribution in [0.4, 0.5) is 11.4 Å². The van der Waals surface area contributed by atoms with Crippen molar-refractivity contribution in [3.8, 4) is 5.75 Å². The summed E-state index contributed by atoms with van der Waals surface area (Å²) in [7, 11) is 0. The number of nitro benzene ring substituents is 1. The molecular formula is C22H19IN4O4. The number of hydrogen-bond donors (Lipinski definition) is 2. The summed E-state index contributed by atoms with van der Waals surface area (Å²) in [5, 5.41) is 17.7. The molecule has 0 saturated heterocycles. The maximum Gasteiger partial charge on any atom is 0.269 e. The molecule has 0 unspecified atom stereocenters. The number of rotatable bonds is 9. The molecule has 158 valence electrons. The third-order valence-electron chi connectivity index (χ3n) is 4.11. The third-order valence-corrected chi connectivity index (χ3v) is 4.83. The van der Waals surface area contributed by atoms with Crippen molar-refractivity contribution in [3.05, 3.63) is 97.6 Å². The number of nitro groups is 1. The number of hydrazone groups is 1. The van der Waals surface area contributed by atoms with Crippen molar-refractivity contribution in [1.29, 1.82) is 0 Å². The van der Waals surface area contributed by atoms with Gasteiger partial charge in [0.15, 0.2) is 0 Å². The van der Waals surface area contributed by atoms with Gasteiger partial charge in [-0.15, -0.1) is 0 Å². The molecule has 31 heavy (non-hydrogen) atoms. The van der Waals surface area contributed by atoms with Gasteiger partial charge in [-0.05, 0) is 82.2 Å². The molecule has 0 aliphatic rings. The van der Waals surface area contributed by atoms with Gasteiger partial charge in [-0.3, -0.25) is 14.9 Å². The molecule has 0 radical (unpaired) electrons. The predicted octanol–water partition coefficient (Wildman–Crippen LogP) is 4.34. The Balaban J connectivity index is 1.46. The van der Waals surface area contributed by atoms with E-state index in [1.165, 1.54) is 18.3 Å². The van der Waals surface area contributed by atoms with Gasteiger partial charge in [-0.2, -0.15) is 5.10 Å². The first kappa shape index (κ1) is 22.2. The Kier molecular flexibility index (Phi) is 7.93. The van der Waals surface area contributed by atoms with Crippen LogP contribution >= 0.6 is 22.6 Å². The number of ether oxygens (including phenoxy) is 1. The lowest BCUT2D eigenvalue weighted by atomic mass is 10.2. The van der Waals surface area contributed by atoms with Gasteiger partial charge in [0.05, 0.1) is 17.7 Å². The summed E-state index contributed by atoms with van der Waals surface area (Å²) >= 11 is 2.22. The highest BCUT2D eigenvalue weighted by atomic mass is 127. The highest BCUT2D eigenvalue weighted by molar-refractivity contribution is 14.1. The second-order valence-corrected chi connectivity index (χ2v) is 7.68. The highest BCUT2D eigenvalue weighted by Gasteiger charge is 2.04. The van der Waals surface area contributed by atoms with E-state index in [2.05, 4.69) is 38.4 Å². The number of anilines is 1. The minimum absolute atomic E-state index is 0.0396. The van der Waals surface area contributed by atoms with Crippen molar-refractivity contribution in [2.75, 3.05) is 11.9 Å². The Morgan fingerprint density at radius 2 is 1.84 bits per heavy atom. The molecule has 0 saturated carbocycles. The molecule has 3 aromatic carbocycles. The molecule has 3 aromatic rings. The maximum atomic E-state index is 11.9. The lowest BCUT2D eigenvalue weighted by molar-refractivity contribution is -0.384. The molecule has 0 fully saturated rings. The second-order valence-electron chi connectivity index (χ2n) is 6.44. The van der Waals surface area contributed by atoms with Crippen LogP contribution in [0.15, 0.2) is 77.9 Å². The molecule has 9 heteroatoms. The Morgan fingerprint density at radius 3 is 2.55 bits per heavy atom. The number of halogens is 1. The van der Waals surface area contributed by atoms with E-state index < -0.39 is 4.92 Å². The van der Waals surface area contributed by atoms with E-state index in [1.54, 1.807) is 24.3 Å². The van der Waals surface area contributed by atoms with Crippen molar-refractivity contribution in [2.24, 2.45) is 5.10 Å². The Morgan fingerprint density at radius 1 is 1.10 bits per heavy atom. The zero-order valence-corrected chi connectivity index (χ0v) is 18.5. The number of hydrogen-bond acceptors (Lipinski definition) is 6. The maximum absolute atomic E-state index is 11.9. The normalized spacial score (nSPS) is 10.6. The monoisotopic (exact) mass is 530 g/mol. The van der Waals surface area contributed by atoms with Crippen LogP contribution < -0.4 is 15.5 Å². The summed E-state index contributed by atoms with van der Waals surface area (Å²) in [4.78, 5) is 22.2. The molecule has 0 atom stereocenters. The molecular weight excluding hydrogens is 511 g/mol. The number of nitrogens with one attached hydrogen (secondary N) is 2. The van der Waals surface area contributed by atoms with E-state index in [0.29, 0.717) is 5.75 Å². The van der Waals surface area contributed by atoms with Crippen molar-refractivity contribution < 1.29 is 14.5 Å². The summed E-state index contributed by atoms with van der Waals surface area (Å²) in [6.45, 7) is 0.385. The fourth-order valence-electron chi connectivity index (χ4n) is 2.53. The van der Waals surface area contributed by atoms with E-state index in [-0.39, 0.29) is 24.7 Å².